The average molecular weight is 255 g/mol. The Morgan fingerprint density at radius 3 is 2.28 bits per heavy atom. The molecular weight excluding hydrogens is 234 g/mol. The van der Waals surface area contributed by atoms with Gasteiger partial charge in [-0.1, -0.05) is 12.8 Å². The SMILES string of the molecule is NC1CCN(C(=O)NC2(C(=O)O)CCCC2)CC1. The lowest BCUT2D eigenvalue weighted by molar-refractivity contribution is -0.144. The molecule has 2 amide bonds. The summed E-state index contributed by atoms with van der Waals surface area (Å²) in [4.78, 5) is 25.1. The van der Waals surface area contributed by atoms with E-state index in [-0.39, 0.29) is 12.1 Å². The molecule has 1 saturated heterocycles. The fraction of sp³-hybridized carbons (Fsp3) is 0.833. The number of carboxylic acids is 1. The summed E-state index contributed by atoms with van der Waals surface area (Å²) in [6.45, 7) is 1.23. The second-order valence-electron chi connectivity index (χ2n) is 5.35. The maximum Gasteiger partial charge on any atom is 0.329 e. The topological polar surface area (TPSA) is 95.7 Å². The van der Waals surface area contributed by atoms with E-state index in [1.807, 2.05) is 0 Å². The summed E-state index contributed by atoms with van der Waals surface area (Å²) in [5.41, 5.74) is 4.74. The molecular formula is C12H21N3O3. The van der Waals surface area contributed by atoms with Crippen LogP contribution in [-0.4, -0.2) is 46.7 Å². The lowest BCUT2D eigenvalue weighted by Gasteiger charge is -2.34. The van der Waals surface area contributed by atoms with Crippen LogP contribution in [0.5, 0.6) is 0 Å². The lowest BCUT2D eigenvalue weighted by atomic mass is 9.98. The number of hydrogen-bond donors (Lipinski definition) is 3. The van der Waals surface area contributed by atoms with Gasteiger partial charge in [-0.25, -0.2) is 9.59 Å². The maximum absolute atomic E-state index is 12.1. The molecule has 1 saturated carbocycles. The fourth-order valence-electron chi connectivity index (χ4n) is 2.76. The lowest BCUT2D eigenvalue weighted by Crippen LogP contribution is -2.57. The minimum absolute atomic E-state index is 0.161. The number of carbonyl (C=O) groups excluding carboxylic acids is 1. The highest BCUT2D eigenvalue weighted by Gasteiger charge is 2.43. The van der Waals surface area contributed by atoms with Crippen LogP contribution < -0.4 is 11.1 Å². The average Bonchev–Trinajstić information content (AvgIpc) is 2.79. The van der Waals surface area contributed by atoms with Crippen molar-refractivity contribution in [3.8, 4) is 0 Å². The molecule has 2 aliphatic rings. The van der Waals surface area contributed by atoms with Gasteiger partial charge in [-0.05, 0) is 25.7 Å². The van der Waals surface area contributed by atoms with Crippen LogP contribution in [0.1, 0.15) is 38.5 Å². The van der Waals surface area contributed by atoms with Gasteiger partial charge in [0.25, 0.3) is 0 Å². The third-order valence-corrected chi connectivity index (χ3v) is 4.04. The van der Waals surface area contributed by atoms with Crippen molar-refractivity contribution in [1.29, 1.82) is 0 Å². The highest BCUT2D eigenvalue weighted by Crippen LogP contribution is 2.30. The van der Waals surface area contributed by atoms with Crippen LogP contribution in [0.3, 0.4) is 0 Å². The van der Waals surface area contributed by atoms with E-state index in [1.54, 1.807) is 4.90 Å². The molecule has 2 rings (SSSR count). The predicted octanol–water partition coefficient (Wildman–Crippen LogP) is 0.516. The highest BCUT2D eigenvalue weighted by atomic mass is 16.4. The minimum atomic E-state index is -1.04. The minimum Gasteiger partial charge on any atom is -0.480 e. The summed E-state index contributed by atoms with van der Waals surface area (Å²) < 4.78 is 0. The third-order valence-electron chi connectivity index (χ3n) is 4.04. The van der Waals surface area contributed by atoms with Crippen molar-refractivity contribution < 1.29 is 14.7 Å². The van der Waals surface area contributed by atoms with Crippen LogP contribution in [0, 0.1) is 0 Å². The van der Waals surface area contributed by atoms with Gasteiger partial charge in [0, 0.05) is 19.1 Å². The van der Waals surface area contributed by atoms with Crippen LogP contribution in [-0.2, 0) is 4.79 Å². The molecule has 102 valence electrons. The molecule has 0 radical (unpaired) electrons. The van der Waals surface area contributed by atoms with Gasteiger partial charge in [-0.15, -0.1) is 0 Å². The molecule has 1 heterocycles. The van der Waals surface area contributed by atoms with Crippen molar-refractivity contribution in [2.45, 2.75) is 50.1 Å². The molecule has 0 bridgehead atoms. The van der Waals surface area contributed by atoms with Gasteiger partial charge in [-0.2, -0.15) is 0 Å². The molecule has 0 unspecified atom stereocenters. The number of urea groups is 1. The zero-order valence-electron chi connectivity index (χ0n) is 10.5. The largest absolute Gasteiger partial charge is 0.480 e. The van der Waals surface area contributed by atoms with Crippen molar-refractivity contribution in [2.24, 2.45) is 5.73 Å². The number of carbonyl (C=O) groups is 2. The Balaban J connectivity index is 1.95. The molecule has 18 heavy (non-hydrogen) atoms. The number of piperidine rings is 1. The van der Waals surface area contributed by atoms with Crippen molar-refractivity contribution in [1.82, 2.24) is 10.2 Å². The van der Waals surface area contributed by atoms with E-state index in [4.69, 9.17) is 5.73 Å². The molecule has 0 aromatic rings. The summed E-state index contributed by atoms with van der Waals surface area (Å²) in [7, 11) is 0. The Hall–Kier alpha value is -1.30. The number of likely N-dealkylation sites (tertiary alicyclic amines) is 1. The number of hydrogen-bond acceptors (Lipinski definition) is 3. The maximum atomic E-state index is 12.1. The van der Waals surface area contributed by atoms with Gasteiger partial charge in [-0.3, -0.25) is 0 Å². The molecule has 6 heteroatoms. The molecule has 0 aromatic carbocycles. The van der Waals surface area contributed by atoms with Crippen LogP contribution >= 0.6 is 0 Å². The van der Waals surface area contributed by atoms with E-state index < -0.39 is 11.5 Å². The Morgan fingerprint density at radius 2 is 1.78 bits per heavy atom. The van der Waals surface area contributed by atoms with Crippen LogP contribution in [0.4, 0.5) is 4.79 Å². The van der Waals surface area contributed by atoms with Crippen LogP contribution in [0.15, 0.2) is 0 Å². The normalized spacial score (nSPS) is 23.9. The quantitative estimate of drug-likeness (QED) is 0.670. The summed E-state index contributed by atoms with van der Waals surface area (Å²) in [5, 5.41) is 12.0. The molecule has 1 aliphatic heterocycles. The molecule has 2 fully saturated rings. The molecule has 0 atom stereocenters. The first-order chi connectivity index (χ1) is 8.53. The number of aliphatic carboxylic acids is 1. The van der Waals surface area contributed by atoms with Gasteiger partial charge in [0.1, 0.15) is 5.54 Å². The van der Waals surface area contributed by atoms with E-state index in [9.17, 15) is 14.7 Å². The second kappa shape index (κ2) is 5.14. The predicted molar refractivity (Wildman–Crippen MR) is 66.1 cm³/mol. The van der Waals surface area contributed by atoms with Crippen LogP contribution in [0.25, 0.3) is 0 Å². The van der Waals surface area contributed by atoms with Gasteiger partial charge >= 0.3 is 12.0 Å². The van der Waals surface area contributed by atoms with Crippen LogP contribution in [0.2, 0.25) is 0 Å². The van der Waals surface area contributed by atoms with E-state index in [2.05, 4.69) is 5.32 Å². The smallest absolute Gasteiger partial charge is 0.329 e. The third kappa shape index (κ3) is 2.58. The standard InChI is InChI=1S/C12H21N3O3/c13-9-3-7-15(8-4-9)11(18)14-12(10(16)17)5-1-2-6-12/h9H,1-8,13H2,(H,14,18)(H,16,17). The van der Waals surface area contributed by atoms with Gasteiger partial charge in [0.2, 0.25) is 0 Å². The summed E-state index contributed by atoms with van der Waals surface area (Å²) in [6, 6.07) is -0.0971. The fourth-order valence-corrected chi connectivity index (χ4v) is 2.76. The van der Waals surface area contributed by atoms with Crippen molar-refractivity contribution in [3.05, 3.63) is 0 Å². The first-order valence-corrected chi connectivity index (χ1v) is 6.59. The van der Waals surface area contributed by atoms with E-state index in [0.717, 1.165) is 25.7 Å². The van der Waals surface area contributed by atoms with Gasteiger partial charge in [0.15, 0.2) is 0 Å². The Morgan fingerprint density at radius 1 is 1.22 bits per heavy atom. The number of rotatable bonds is 2. The molecule has 0 spiro atoms. The number of carboxylic acid groups (broad SMARTS) is 1. The number of nitrogens with two attached hydrogens (primary N) is 1. The zero-order chi connectivity index (χ0) is 13.2. The van der Waals surface area contributed by atoms with E-state index in [0.29, 0.717) is 25.9 Å². The van der Waals surface area contributed by atoms with Crippen molar-refractivity contribution in [2.75, 3.05) is 13.1 Å². The summed E-state index contributed by atoms with van der Waals surface area (Å²) in [5.74, 6) is -0.915. The molecule has 4 N–H and O–H groups in total. The van der Waals surface area contributed by atoms with E-state index in [1.165, 1.54) is 0 Å². The zero-order valence-corrected chi connectivity index (χ0v) is 10.5. The Labute approximate surface area is 107 Å². The summed E-state index contributed by atoms with van der Waals surface area (Å²) >= 11 is 0. The first kappa shape index (κ1) is 13.1. The monoisotopic (exact) mass is 255 g/mol. The molecule has 6 nitrogen and oxygen atoms in total. The second-order valence-corrected chi connectivity index (χ2v) is 5.35. The number of amides is 2. The number of nitrogens with zero attached hydrogens (tertiary/aromatic N) is 1. The molecule has 1 aliphatic carbocycles. The van der Waals surface area contributed by atoms with Gasteiger partial charge < -0.3 is 21.1 Å². The number of nitrogens with one attached hydrogen (secondary N) is 1. The van der Waals surface area contributed by atoms with E-state index >= 15 is 0 Å². The van der Waals surface area contributed by atoms with Crippen molar-refractivity contribution >= 4 is 12.0 Å². The highest BCUT2D eigenvalue weighted by molar-refractivity contribution is 5.86. The molecule has 0 aromatic heterocycles. The summed E-state index contributed by atoms with van der Waals surface area (Å²) in [6.07, 6.45) is 4.35. The van der Waals surface area contributed by atoms with Gasteiger partial charge in [0.05, 0.1) is 0 Å². The first-order valence-electron chi connectivity index (χ1n) is 6.59. The Kier molecular flexibility index (Phi) is 3.75. The Bertz CT molecular complexity index is 331. The van der Waals surface area contributed by atoms with Crippen molar-refractivity contribution in [3.63, 3.8) is 0 Å².